The quantitative estimate of drug-likeness (QED) is 0.229. The molecular formula is C26H34ClN11O2. The number of anilines is 5. The average molecular weight is 568 g/mol. The van der Waals surface area contributed by atoms with Crippen LogP contribution in [0.4, 0.5) is 29.2 Å². The molecule has 3 heterocycles. The van der Waals surface area contributed by atoms with Crippen molar-refractivity contribution in [3.8, 4) is 5.75 Å². The van der Waals surface area contributed by atoms with Crippen molar-refractivity contribution in [2.45, 2.75) is 37.0 Å². The smallest absolute Gasteiger partial charge is 0.276 e. The Hall–Kier alpha value is -3.75. The van der Waals surface area contributed by atoms with E-state index in [2.05, 4.69) is 15.3 Å². The molecule has 40 heavy (non-hydrogen) atoms. The van der Waals surface area contributed by atoms with E-state index in [1.807, 2.05) is 15.9 Å². The van der Waals surface area contributed by atoms with E-state index in [9.17, 15) is 9.90 Å². The number of piperidine rings is 2. The van der Waals surface area contributed by atoms with E-state index in [1.54, 1.807) is 30.3 Å². The summed E-state index contributed by atoms with van der Waals surface area (Å²) in [4.78, 5) is 30.8. The number of rotatable bonds is 6. The highest BCUT2D eigenvalue weighted by Crippen LogP contribution is 2.29. The van der Waals surface area contributed by atoms with Crippen LogP contribution in [0.1, 0.15) is 23.2 Å². The Morgan fingerprint density at radius 1 is 0.850 bits per heavy atom. The first kappa shape index (κ1) is 27.8. The number of halogens is 1. The molecule has 1 amide bonds. The maximum atomic E-state index is 12.9. The van der Waals surface area contributed by atoms with Crippen LogP contribution in [0.5, 0.6) is 5.75 Å². The van der Waals surface area contributed by atoms with E-state index in [0.717, 1.165) is 4.42 Å². The predicted molar refractivity (Wildman–Crippen MR) is 156 cm³/mol. The molecule has 2 aliphatic heterocycles. The van der Waals surface area contributed by atoms with Crippen molar-refractivity contribution < 1.29 is 9.90 Å². The van der Waals surface area contributed by atoms with Gasteiger partial charge in [0.15, 0.2) is 0 Å². The van der Waals surface area contributed by atoms with Gasteiger partial charge in [0.1, 0.15) is 5.75 Å². The number of hydrogen-bond donors (Lipinski definition) is 6. The summed E-state index contributed by atoms with van der Waals surface area (Å²) in [5.41, 5.74) is 25.9. The van der Waals surface area contributed by atoms with Gasteiger partial charge in [0, 0.05) is 73.9 Å². The molecule has 14 heteroatoms. The molecule has 0 radical (unpaired) electrons. The van der Waals surface area contributed by atoms with Crippen molar-refractivity contribution in [3.05, 3.63) is 54.1 Å². The fourth-order valence-corrected chi connectivity index (χ4v) is 5.28. The van der Waals surface area contributed by atoms with Gasteiger partial charge in [-0.25, -0.2) is 4.42 Å². The topological polar surface area (TPSA) is 202 Å². The lowest BCUT2D eigenvalue weighted by molar-refractivity contribution is 0.100. The molecule has 13 nitrogen and oxygen atoms in total. The first-order valence-electron chi connectivity index (χ1n) is 13.1. The minimum absolute atomic E-state index is 0.0361. The van der Waals surface area contributed by atoms with Crippen LogP contribution in [-0.2, 0) is 0 Å². The number of nitrogens with one attached hydrogen (secondary N) is 1. The number of nitrogens with zero attached hydrogens (tertiary/aromatic N) is 6. The summed E-state index contributed by atoms with van der Waals surface area (Å²) >= 11 is 6.24. The van der Waals surface area contributed by atoms with E-state index < -0.39 is 5.91 Å². The molecule has 0 aliphatic carbocycles. The first-order chi connectivity index (χ1) is 19.2. The molecule has 4 atom stereocenters. The van der Waals surface area contributed by atoms with Crippen LogP contribution < -0.4 is 42.5 Å². The summed E-state index contributed by atoms with van der Waals surface area (Å²) in [6.07, 6.45) is 1.42. The molecule has 2 fully saturated rings. The fourth-order valence-electron chi connectivity index (χ4n) is 5.08. The average Bonchev–Trinajstić information content (AvgIpc) is 2.91. The maximum absolute atomic E-state index is 12.9. The Balaban J connectivity index is 1.42. The first-order valence-corrected chi connectivity index (χ1v) is 13.4. The van der Waals surface area contributed by atoms with Gasteiger partial charge >= 0.3 is 0 Å². The minimum Gasteiger partial charge on any atom is -0.507 e. The van der Waals surface area contributed by atoms with Gasteiger partial charge in [-0.3, -0.25) is 4.79 Å². The van der Waals surface area contributed by atoms with E-state index in [1.165, 1.54) is 12.1 Å². The van der Waals surface area contributed by atoms with Gasteiger partial charge in [-0.05, 0) is 37.1 Å². The Morgan fingerprint density at radius 2 is 1.38 bits per heavy atom. The second-order valence-corrected chi connectivity index (χ2v) is 10.7. The van der Waals surface area contributed by atoms with Crippen LogP contribution in [0.25, 0.3) is 0 Å². The number of carbonyl (C=O) groups is 1. The molecule has 1 aromatic heterocycles. The molecule has 0 unspecified atom stereocenters. The van der Waals surface area contributed by atoms with Crippen LogP contribution in [0.2, 0.25) is 0 Å². The van der Waals surface area contributed by atoms with Crippen molar-refractivity contribution in [1.29, 1.82) is 0 Å². The second kappa shape index (κ2) is 11.8. The molecule has 0 bridgehead atoms. The molecule has 0 spiro atoms. The number of aromatic hydroxyl groups is 1. The van der Waals surface area contributed by atoms with Gasteiger partial charge in [-0.1, -0.05) is 18.2 Å². The number of phenolic OH excluding ortho intramolecular Hbond substituents is 1. The predicted octanol–water partition coefficient (Wildman–Crippen LogP) is 0.851. The highest BCUT2D eigenvalue weighted by atomic mass is 35.5. The molecule has 5 rings (SSSR count). The van der Waals surface area contributed by atoms with Gasteiger partial charge in [0.2, 0.25) is 17.8 Å². The highest BCUT2D eigenvalue weighted by molar-refractivity contribution is 6.39. The largest absolute Gasteiger partial charge is 0.507 e. The van der Waals surface area contributed by atoms with Gasteiger partial charge in [-0.2, -0.15) is 15.0 Å². The summed E-state index contributed by atoms with van der Waals surface area (Å²) in [5.74, 6) is 0.247. The van der Waals surface area contributed by atoms with E-state index in [-0.39, 0.29) is 41.4 Å². The maximum Gasteiger partial charge on any atom is 0.276 e. The van der Waals surface area contributed by atoms with Crippen molar-refractivity contribution in [1.82, 2.24) is 15.0 Å². The highest BCUT2D eigenvalue weighted by Gasteiger charge is 2.29. The van der Waals surface area contributed by atoms with Gasteiger partial charge in [-0.15, -0.1) is 0 Å². The zero-order valence-electron chi connectivity index (χ0n) is 21.9. The normalized spacial score (nSPS) is 23.1. The monoisotopic (exact) mass is 567 g/mol. The number of phenols is 1. The molecular weight excluding hydrogens is 534 g/mol. The SMILES string of the molecule is N[C@@H]1C[C@H](N)CN(c2nc(Nc3ccc(C(=O)N(Cl)c4ccccc4)c(O)c3)nc(N3C[C@H](N)C[C@H](N)C3)n2)C1. The lowest BCUT2D eigenvalue weighted by Crippen LogP contribution is -2.54. The fraction of sp³-hybridized carbons (Fsp3) is 0.385. The number of nitrogens with two attached hydrogens (primary N) is 4. The van der Waals surface area contributed by atoms with Crippen molar-refractivity contribution in [3.63, 3.8) is 0 Å². The summed E-state index contributed by atoms with van der Waals surface area (Å²) < 4.78 is 0.953. The van der Waals surface area contributed by atoms with Crippen molar-refractivity contribution in [2.24, 2.45) is 22.9 Å². The third-order valence-corrected chi connectivity index (χ3v) is 7.20. The molecule has 0 saturated carbocycles. The Kier molecular flexibility index (Phi) is 8.19. The summed E-state index contributed by atoms with van der Waals surface area (Å²) in [5, 5.41) is 13.8. The standard InChI is InChI=1S/C26H34ClN11O2/c27-38(20-4-2-1-3-5-20)23(40)21-7-6-19(10-22(21)39)32-24-33-25(36-11-15(28)8-16(29)12-36)35-26(34-24)37-13-17(30)9-18(31)14-37/h1-7,10,15-18,39H,8-9,11-14,28-31H2,(H,32,33,34,35)/t15-,16+,17-,18+. The van der Waals surface area contributed by atoms with Gasteiger partial charge < -0.3 is 43.2 Å². The van der Waals surface area contributed by atoms with E-state index >= 15 is 0 Å². The third-order valence-electron chi connectivity index (χ3n) is 6.85. The Morgan fingerprint density at radius 3 is 1.88 bits per heavy atom. The summed E-state index contributed by atoms with van der Waals surface area (Å²) in [6.45, 7) is 2.18. The molecule has 2 aliphatic rings. The molecule has 212 valence electrons. The van der Waals surface area contributed by atoms with Gasteiger partial charge in [0.25, 0.3) is 5.91 Å². The van der Waals surface area contributed by atoms with Crippen molar-refractivity contribution in [2.75, 3.05) is 45.7 Å². The Labute approximate surface area is 237 Å². The lowest BCUT2D eigenvalue weighted by Gasteiger charge is -2.37. The molecule has 2 saturated heterocycles. The van der Waals surface area contributed by atoms with Gasteiger partial charge in [0.05, 0.1) is 11.3 Å². The second-order valence-electron chi connectivity index (χ2n) is 10.4. The van der Waals surface area contributed by atoms with Crippen LogP contribution in [0.15, 0.2) is 48.5 Å². The summed E-state index contributed by atoms with van der Waals surface area (Å²) in [6, 6.07) is 12.8. The zero-order valence-corrected chi connectivity index (χ0v) is 22.7. The van der Waals surface area contributed by atoms with Crippen LogP contribution in [0.3, 0.4) is 0 Å². The minimum atomic E-state index is -0.572. The number of carbonyl (C=O) groups excluding carboxylic acids is 1. The van der Waals surface area contributed by atoms with Crippen LogP contribution in [-0.4, -0.2) is 76.3 Å². The number of aromatic nitrogens is 3. The Bertz CT molecular complexity index is 1280. The van der Waals surface area contributed by atoms with Crippen LogP contribution in [0, 0.1) is 0 Å². The molecule has 10 N–H and O–H groups in total. The zero-order chi connectivity index (χ0) is 28.4. The molecule has 2 aromatic carbocycles. The van der Waals surface area contributed by atoms with E-state index in [4.69, 9.17) is 39.7 Å². The number of amides is 1. The summed E-state index contributed by atoms with van der Waals surface area (Å²) in [7, 11) is 0. The molecule has 3 aromatic rings. The van der Waals surface area contributed by atoms with Crippen LogP contribution >= 0.6 is 11.8 Å². The van der Waals surface area contributed by atoms with Crippen molar-refractivity contribution >= 4 is 46.9 Å². The third kappa shape index (κ3) is 6.35. The lowest BCUT2D eigenvalue weighted by atomic mass is 10.0. The van der Waals surface area contributed by atoms with E-state index in [0.29, 0.717) is 62.3 Å². The number of para-hydroxylation sites is 1. The number of hydrogen-bond acceptors (Lipinski definition) is 12. The number of benzene rings is 2.